The molecule has 3 nitrogen and oxygen atoms in total. The Balaban J connectivity index is 1.85. The van der Waals surface area contributed by atoms with Crippen LogP contribution < -0.4 is 5.73 Å². The maximum Gasteiger partial charge on any atom is 0.249 e. The first-order chi connectivity index (χ1) is 14.5. The zero-order chi connectivity index (χ0) is 20.8. The van der Waals surface area contributed by atoms with E-state index in [0.29, 0.717) is 21.5 Å². The molecule has 1 radical (unpaired) electrons. The Hall–Kier alpha value is -3.15. The highest BCUT2D eigenvalue weighted by Gasteiger charge is 2.19. The number of amides is 1. The molecule has 1 amide bonds. The van der Waals surface area contributed by atoms with Crippen molar-refractivity contribution in [3.63, 3.8) is 0 Å². The molecule has 5 aromatic rings. The maximum atomic E-state index is 14.6. The summed E-state index contributed by atoms with van der Waals surface area (Å²) in [7, 11) is 0. The topological polar surface area (TPSA) is 48.0 Å². The van der Waals surface area contributed by atoms with E-state index in [1.165, 1.54) is 6.07 Å². The lowest BCUT2D eigenvalue weighted by molar-refractivity contribution is 0.100. The molecule has 0 aliphatic carbocycles. The van der Waals surface area contributed by atoms with Crippen molar-refractivity contribution in [1.82, 2.24) is 4.57 Å². The number of primary amides is 1. The number of fused-ring (bicyclic) bond motifs is 3. The Kier molecular flexibility index (Phi) is 4.57. The van der Waals surface area contributed by atoms with Gasteiger partial charge in [-0.2, -0.15) is 0 Å². The minimum absolute atomic E-state index is 0.218. The van der Waals surface area contributed by atoms with E-state index in [-0.39, 0.29) is 12.4 Å². The van der Waals surface area contributed by atoms with Gasteiger partial charge in [0.25, 0.3) is 0 Å². The molecule has 147 valence electrons. The third-order valence-corrected chi connectivity index (χ3v) is 6.52. The number of nitrogens with zero attached hydrogens (tertiary/aromatic N) is 1. The maximum absolute atomic E-state index is 14.6. The second-order valence-electron chi connectivity index (χ2n) is 6.98. The zero-order valence-corrected chi connectivity index (χ0v) is 17.2. The number of halogens is 2. The van der Waals surface area contributed by atoms with Gasteiger partial charge in [-0.05, 0) is 59.5 Å². The normalized spacial score (nSPS) is 11.4. The summed E-state index contributed by atoms with van der Waals surface area (Å²) in [6.45, 7) is 0.218. The van der Waals surface area contributed by atoms with Crippen molar-refractivity contribution in [1.29, 1.82) is 0 Å². The van der Waals surface area contributed by atoms with E-state index in [1.807, 2.05) is 40.3 Å². The Morgan fingerprint density at radius 2 is 1.97 bits per heavy atom. The zero-order valence-electron chi connectivity index (χ0n) is 15.7. The second kappa shape index (κ2) is 7.27. The molecular weight excluding hydrogens is 419 g/mol. The molecule has 0 aliphatic rings. The lowest BCUT2D eigenvalue weighted by Crippen LogP contribution is -2.11. The van der Waals surface area contributed by atoms with Gasteiger partial charge in [0.05, 0.1) is 17.6 Å². The lowest BCUT2D eigenvalue weighted by atomic mass is 10.0. The SMILES string of the molecule is NC(=O)c1cccc2c1c1[c]cc(-c3cccs3)cc1n2Cc1c(F)cccc1Cl. The molecule has 0 fully saturated rings. The minimum atomic E-state index is -0.515. The van der Waals surface area contributed by atoms with Crippen LogP contribution in [0.15, 0.2) is 66.0 Å². The smallest absolute Gasteiger partial charge is 0.249 e. The van der Waals surface area contributed by atoms with E-state index in [1.54, 1.807) is 35.6 Å². The Morgan fingerprint density at radius 1 is 1.13 bits per heavy atom. The molecule has 6 heteroatoms. The fourth-order valence-electron chi connectivity index (χ4n) is 3.86. The van der Waals surface area contributed by atoms with Gasteiger partial charge in [-0.25, -0.2) is 4.39 Å². The van der Waals surface area contributed by atoms with Crippen molar-refractivity contribution >= 4 is 50.7 Å². The fourth-order valence-corrected chi connectivity index (χ4v) is 4.80. The fraction of sp³-hybridized carbons (Fsp3) is 0.0417. The number of carbonyl (C=O) groups is 1. The lowest BCUT2D eigenvalue weighted by Gasteiger charge is -2.11. The summed E-state index contributed by atoms with van der Waals surface area (Å²) < 4.78 is 16.5. The molecular formula is C24H15ClFN2OS. The van der Waals surface area contributed by atoms with Gasteiger partial charge in [-0.15, -0.1) is 11.3 Å². The third-order valence-electron chi connectivity index (χ3n) is 5.24. The molecule has 2 heterocycles. The van der Waals surface area contributed by atoms with Crippen molar-refractivity contribution < 1.29 is 9.18 Å². The molecule has 0 unspecified atom stereocenters. The van der Waals surface area contributed by atoms with Crippen molar-refractivity contribution in [2.24, 2.45) is 5.73 Å². The molecule has 0 bridgehead atoms. The molecule has 5 rings (SSSR count). The summed E-state index contributed by atoms with van der Waals surface area (Å²) in [6.07, 6.45) is 0. The molecule has 0 atom stereocenters. The van der Waals surface area contributed by atoms with Crippen molar-refractivity contribution in [2.75, 3.05) is 0 Å². The number of hydrogen-bond acceptors (Lipinski definition) is 2. The van der Waals surface area contributed by atoms with Crippen LogP contribution in [0.5, 0.6) is 0 Å². The first-order valence-electron chi connectivity index (χ1n) is 9.28. The van der Waals surface area contributed by atoms with Crippen LogP contribution in [0, 0.1) is 11.9 Å². The monoisotopic (exact) mass is 433 g/mol. The standard InChI is InChI=1S/C24H15ClFN2OS/c25-18-5-2-6-19(26)17(18)13-28-20-7-1-4-16(24(27)29)23(20)15-10-9-14(12-21(15)28)22-8-3-11-30-22/h1-9,11-12H,13H2,(H2,27,29). The van der Waals surface area contributed by atoms with Gasteiger partial charge >= 0.3 is 0 Å². The summed E-state index contributed by atoms with van der Waals surface area (Å²) in [4.78, 5) is 13.2. The quantitative estimate of drug-likeness (QED) is 0.357. The van der Waals surface area contributed by atoms with Gasteiger partial charge < -0.3 is 10.3 Å². The van der Waals surface area contributed by atoms with Crippen LogP contribution in [0.1, 0.15) is 15.9 Å². The average molecular weight is 434 g/mol. The van der Waals surface area contributed by atoms with Crippen LogP contribution in [0.25, 0.3) is 32.2 Å². The summed E-state index contributed by atoms with van der Waals surface area (Å²) in [5, 5.41) is 3.85. The summed E-state index contributed by atoms with van der Waals surface area (Å²) in [5.41, 5.74) is 9.07. The van der Waals surface area contributed by atoms with Crippen molar-refractivity contribution in [2.45, 2.75) is 6.54 Å². The average Bonchev–Trinajstić information content (AvgIpc) is 3.37. The number of aromatic nitrogens is 1. The molecule has 3 aromatic carbocycles. The Labute approximate surface area is 181 Å². The summed E-state index contributed by atoms with van der Waals surface area (Å²) in [5.74, 6) is -0.888. The number of nitrogens with two attached hydrogens (primary N) is 1. The third kappa shape index (κ3) is 2.98. The highest BCUT2D eigenvalue weighted by Crippen LogP contribution is 2.36. The van der Waals surface area contributed by atoms with Crippen LogP contribution in [-0.2, 0) is 6.54 Å². The first kappa shape index (κ1) is 18.9. The van der Waals surface area contributed by atoms with Gasteiger partial charge in [0.15, 0.2) is 0 Å². The van der Waals surface area contributed by atoms with E-state index in [9.17, 15) is 9.18 Å². The second-order valence-corrected chi connectivity index (χ2v) is 8.33. The van der Waals surface area contributed by atoms with E-state index < -0.39 is 5.91 Å². The number of carbonyl (C=O) groups excluding carboxylic acids is 1. The number of benzene rings is 3. The minimum Gasteiger partial charge on any atom is -0.366 e. The highest BCUT2D eigenvalue weighted by molar-refractivity contribution is 7.13. The number of thiophene rings is 1. The summed E-state index contributed by atoms with van der Waals surface area (Å²) in [6, 6.07) is 21.3. The number of hydrogen-bond donors (Lipinski definition) is 1. The molecule has 2 N–H and O–H groups in total. The Bertz CT molecular complexity index is 1400. The van der Waals surface area contributed by atoms with Gasteiger partial charge in [0, 0.05) is 31.8 Å². The molecule has 0 aliphatic heterocycles. The van der Waals surface area contributed by atoms with Crippen molar-refractivity contribution in [3.8, 4) is 10.4 Å². The molecule has 0 spiro atoms. The molecule has 0 saturated carbocycles. The van der Waals surface area contributed by atoms with Crippen LogP contribution in [-0.4, -0.2) is 10.5 Å². The largest absolute Gasteiger partial charge is 0.366 e. The van der Waals surface area contributed by atoms with E-state index >= 15 is 0 Å². The van der Waals surface area contributed by atoms with Gasteiger partial charge in [-0.1, -0.05) is 29.8 Å². The van der Waals surface area contributed by atoms with Gasteiger partial charge in [-0.3, -0.25) is 4.79 Å². The van der Waals surface area contributed by atoms with Crippen LogP contribution in [0.3, 0.4) is 0 Å². The Morgan fingerprint density at radius 3 is 2.70 bits per heavy atom. The van der Waals surface area contributed by atoms with Crippen LogP contribution in [0.4, 0.5) is 4.39 Å². The molecule has 30 heavy (non-hydrogen) atoms. The van der Waals surface area contributed by atoms with Crippen molar-refractivity contribution in [3.05, 3.63) is 94.1 Å². The summed E-state index contributed by atoms with van der Waals surface area (Å²) >= 11 is 7.94. The van der Waals surface area contributed by atoms with E-state index in [2.05, 4.69) is 6.07 Å². The van der Waals surface area contributed by atoms with Crippen LogP contribution in [0.2, 0.25) is 5.02 Å². The van der Waals surface area contributed by atoms with E-state index in [0.717, 1.165) is 26.9 Å². The van der Waals surface area contributed by atoms with Crippen LogP contribution >= 0.6 is 22.9 Å². The predicted octanol–water partition coefficient (Wildman–Crippen LogP) is 6.26. The highest BCUT2D eigenvalue weighted by atomic mass is 35.5. The molecule has 2 aromatic heterocycles. The predicted molar refractivity (Wildman–Crippen MR) is 121 cm³/mol. The van der Waals surface area contributed by atoms with Gasteiger partial charge in [0.1, 0.15) is 5.82 Å². The van der Waals surface area contributed by atoms with E-state index in [4.69, 9.17) is 17.3 Å². The van der Waals surface area contributed by atoms with Gasteiger partial charge in [0.2, 0.25) is 5.91 Å². The first-order valence-corrected chi connectivity index (χ1v) is 10.5. The molecule has 0 saturated heterocycles. The number of rotatable bonds is 4.